The van der Waals surface area contributed by atoms with Crippen molar-refractivity contribution in [2.75, 3.05) is 18.4 Å². The minimum atomic E-state index is -4.57. The zero-order chi connectivity index (χ0) is 27.7. The molecule has 2 aromatic carbocycles. The van der Waals surface area contributed by atoms with Gasteiger partial charge in [0, 0.05) is 36.8 Å². The summed E-state index contributed by atoms with van der Waals surface area (Å²) in [6.45, 7) is 4.72. The Bertz CT molecular complexity index is 1610. The highest BCUT2D eigenvalue weighted by Crippen LogP contribution is 2.36. The topological polar surface area (TPSA) is 88.1 Å². The van der Waals surface area contributed by atoms with E-state index < -0.39 is 17.6 Å². The molecule has 1 saturated heterocycles. The molecule has 0 aliphatic carbocycles. The zero-order valence-corrected chi connectivity index (χ0v) is 21.1. The first kappa shape index (κ1) is 26.3. The second kappa shape index (κ2) is 10.5. The molecule has 2 amide bonds. The average Bonchev–Trinajstić information content (AvgIpc) is 3.42. The summed E-state index contributed by atoms with van der Waals surface area (Å²) in [6, 6.07) is 10.3. The Kier molecular flexibility index (Phi) is 7.05. The van der Waals surface area contributed by atoms with Gasteiger partial charge in [-0.2, -0.15) is 13.2 Å². The van der Waals surface area contributed by atoms with E-state index in [-0.39, 0.29) is 28.2 Å². The van der Waals surface area contributed by atoms with Crippen LogP contribution in [0.25, 0.3) is 22.0 Å². The first-order valence-corrected chi connectivity index (χ1v) is 12.3. The lowest BCUT2D eigenvalue weighted by molar-refractivity contribution is -0.137. The number of likely N-dealkylation sites (tertiary alicyclic amines) is 1. The summed E-state index contributed by atoms with van der Waals surface area (Å²) in [5.74, 6) is -0.987. The molecule has 7 nitrogen and oxygen atoms in total. The van der Waals surface area contributed by atoms with Gasteiger partial charge in [-0.1, -0.05) is 24.2 Å². The van der Waals surface area contributed by atoms with Crippen LogP contribution in [-0.4, -0.2) is 44.8 Å². The number of benzene rings is 2. The van der Waals surface area contributed by atoms with Crippen LogP contribution in [0, 0.1) is 0 Å². The molecule has 1 unspecified atom stereocenters. The summed E-state index contributed by atoms with van der Waals surface area (Å²) >= 11 is 6.46. The fourth-order valence-electron chi connectivity index (χ4n) is 4.69. The molecule has 4 aromatic rings. The van der Waals surface area contributed by atoms with E-state index >= 15 is 0 Å². The van der Waals surface area contributed by atoms with Crippen molar-refractivity contribution < 1.29 is 22.8 Å². The molecule has 0 bridgehead atoms. The Morgan fingerprint density at radius 2 is 1.92 bits per heavy atom. The number of carbonyl (C=O) groups excluding carboxylic acids is 2. The normalized spacial score (nSPS) is 15.4. The summed E-state index contributed by atoms with van der Waals surface area (Å²) in [4.78, 5) is 39.1. The number of carbonyl (C=O) groups is 2. The fourth-order valence-corrected chi connectivity index (χ4v) is 4.96. The van der Waals surface area contributed by atoms with Crippen LogP contribution in [0.1, 0.15) is 33.8 Å². The van der Waals surface area contributed by atoms with Gasteiger partial charge in [-0.15, -0.1) is 0 Å². The molecule has 0 spiro atoms. The Balaban J connectivity index is 1.44. The maximum Gasteiger partial charge on any atom is 0.416 e. The van der Waals surface area contributed by atoms with Crippen LogP contribution in [0.5, 0.6) is 0 Å². The Hall–Kier alpha value is -4.31. The molecule has 3 heterocycles. The number of nitrogens with one attached hydrogen (secondary N) is 1. The van der Waals surface area contributed by atoms with Gasteiger partial charge in [0.2, 0.25) is 5.91 Å². The van der Waals surface area contributed by atoms with Crippen molar-refractivity contribution in [2.45, 2.75) is 18.5 Å². The quantitative estimate of drug-likeness (QED) is 0.302. The molecule has 1 aliphatic heterocycles. The number of anilines is 1. The zero-order valence-electron chi connectivity index (χ0n) is 20.4. The molecule has 2 aromatic heterocycles. The third kappa shape index (κ3) is 5.46. The van der Waals surface area contributed by atoms with Crippen molar-refractivity contribution in [1.29, 1.82) is 0 Å². The number of fused-ring (bicyclic) bond motifs is 1. The average molecular weight is 552 g/mol. The van der Waals surface area contributed by atoms with Gasteiger partial charge < -0.3 is 10.2 Å². The van der Waals surface area contributed by atoms with E-state index in [9.17, 15) is 22.8 Å². The van der Waals surface area contributed by atoms with Crippen molar-refractivity contribution >= 4 is 40.1 Å². The summed E-state index contributed by atoms with van der Waals surface area (Å²) in [6.07, 6.45) is 1.68. The highest BCUT2D eigenvalue weighted by Gasteiger charge is 2.31. The number of amides is 2. The molecule has 0 radical (unpaired) electrons. The molecular formula is C28H21ClF3N5O2. The van der Waals surface area contributed by atoms with Crippen molar-refractivity contribution in [2.24, 2.45) is 0 Å². The molecule has 1 N–H and O–H groups in total. The second-order valence-electron chi connectivity index (χ2n) is 9.08. The fraction of sp³-hybridized carbons (Fsp3) is 0.179. The van der Waals surface area contributed by atoms with Gasteiger partial charge in [0.25, 0.3) is 5.91 Å². The molecular weight excluding hydrogens is 531 g/mol. The van der Waals surface area contributed by atoms with Crippen LogP contribution < -0.4 is 5.32 Å². The third-order valence-corrected chi connectivity index (χ3v) is 6.94. The lowest BCUT2D eigenvalue weighted by Gasteiger charge is -2.17. The first-order valence-electron chi connectivity index (χ1n) is 11.9. The lowest BCUT2D eigenvalue weighted by atomic mass is 9.91. The number of halogens is 4. The number of aromatic nitrogens is 3. The van der Waals surface area contributed by atoms with Crippen LogP contribution >= 0.6 is 11.6 Å². The Morgan fingerprint density at radius 3 is 2.67 bits per heavy atom. The lowest BCUT2D eigenvalue weighted by Crippen LogP contribution is -2.26. The van der Waals surface area contributed by atoms with E-state index in [0.717, 1.165) is 52.3 Å². The van der Waals surface area contributed by atoms with Gasteiger partial charge in [-0.05, 0) is 65.6 Å². The summed E-state index contributed by atoms with van der Waals surface area (Å²) < 4.78 is 39.0. The minimum Gasteiger partial charge on any atom is -0.339 e. The van der Waals surface area contributed by atoms with Crippen molar-refractivity contribution in [1.82, 2.24) is 19.9 Å². The van der Waals surface area contributed by atoms with Crippen molar-refractivity contribution in [3.63, 3.8) is 0 Å². The molecule has 1 aliphatic rings. The number of hydrogen-bond donors (Lipinski definition) is 1. The van der Waals surface area contributed by atoms with Gasteiger partial charge in [-0.3, -0.25) is 9.59 Å². The largest absolute Gasteiger partial charge is 0.416 e. The Labute approximate surface area is 226 Å². The number of alkyl halides is 3. The van der Waals surface area contributed by atoms with E-state index in [1.807, 2.05) is 12.1 Å². The molecule has 198 valence electrons. The monoisotopic (exact) mass is 551 g/mol. The summed E-state index contributed by atoms with van der Waals surface area (Å²) in [5, 5.41) is 3.30. The van der Waals surface area contributed by atoms with Crippen LogP contribution in [0.3, 0.4) is 0 Å². The highest BCUT2D eigenvalue weighted by molar-refractivity contribution is 6.34. The predicted octanol–water partition coefficient (Wildman–Crippen LogP) is 6.12. The molecule has 1 fully saturated rings. The number of pyridine rings is 1. The van der Waals surface area contributed by atoms with Gasteiger partial charge in [-0.25, -0.2) is 15.0 Å². The molecule has 5 rings (SSSR count). The van der Waals surface area contributed by atoms with Crippen LogP contribution in [0.4, 0.5) is 19.0 Å². The van der Waals surface area contributed by atoms with E-state index in [4.69, 9.17) is 11.6 Å². The maximum atomic E-state index is 13.0. The number of nitrogens with zero attached hydrogens (tertiary/aromatic N) is 4. The van der Waals surface area contributed by atoms with Crippen LogP contribution in [0.2, 0.25) is 5.02 Å². The van der Waals surface area contributed by atoms with E-state index in [1.165, 1.54) is 18.5 Å². The summed E-state index contributed by atoms with van der Waals surface area (Å²) in [7, 11) is 0. The van der Waals surface area contributed by atoms with Gasteiger partial charge in [0.1, 0.15) is 12.1 Å². The van der Waals surface area contributed by atoms with Crippen molar-refractivity contribution in [3.8, 4) is 11.1 Å². The van der Waals surface area contributed by atoms with Crippen LogP contribution in [-0.2, 0) is 11.0 Å². The van der Waals surface area contributed by atoms with Gasteiger partial charge >= 0.3 is 6.18 Å². The molecule has 1 atom stereocenters. The van der Waals surface area contributed by atoms with E-state index in [0.29, 0.717) is 13.1 Å². The van der Waals surface area contributed by atoms with E-state index in [1.54, 1.807) is 23.2 Å². The molecule has 39 heavy (non-hydrogen) atoms. The number of rotatable bonds is 5. The van der Waals surface area contributed by atoms with Gasteiger partial charge in [0.15, 0.2) is 0 Å². The van der Waals surface area contributed by atoms with Crippen LogP contribution in [0.15, 0.2) is 73.8 Å². The number of hydrogen-bond acceptors (Lipinski definition) is 5. The van der Waals surface area contributed by atoms with Crippen molar-refractivity contribution in [3.05, 3.63) is 95.6 Å². The predicted molar refractivity (Wildman–Crippen MR) is 141 cm³/mol. The van der Waals surface area contributed by atoms with E-state index in [2.05, 4.69) is 26.8 Å². The minimum absolute atomic E-state index is 0.0618. The Morgan fingerprint density at radius 1 is 1.10 bits per heavy atom. The highest BCUT2D eigenvalue weighted by atomic mass is 35.5. The summed E-state index contributed by atoms with van der Waals surface area (Å²) in [5.41, 5.74) is 2.45. The smallest absolute Gasteiger partial charge is 0.339 e. The third-order valence-electron chi connectivity index (χ3n) is 6.63. The van der Waals surface area contributed by atoms with Gasteiger partial charge in [0.05, 0.1) is 21.7 Å². The maximum absolute atomic E-state index is 13.0. The standard InChI is InChI=1S/C28H21ClF3N5O2/c1-2-25(38)37-8-6-17(14-37)22-10-18(9-19-13-33-15-35-26(19)22)16-3-4-21(23(29)11-16)27(39)36-24-12-20(5-7-34-24)28(30,31)32/h2-5,7,9-13,15,17H,1,6,8,14H2,(H,34,36,39). The second-order valence-corrected chi connectivity index (χ2v) is 9.48. The molecule has 0 saturated carbocycles. The molecule has 11 heteroatoms. The first-order chi connectivity index (χ1) is 18.6. The SMILES string of the molecule is C=CC(=O)N1CCC(c2cc(-c3ccc(C(=O)Nc4cc(C(F)(F)F)ccn4)c(Cl)c3)cc3cncnc23)C1.